The molecular weight excluding hydrogens is 282 g/mol. The number of hydrogen-bond donors (Lipinski definition) is 0. The summed E-state index contributed by atoms with van der Waals surface area (Å²) >= 11 is 1.64. The first-order valence-corrected chi connectivity index (χ1v) is 8.55. The molecule has 0 spiro atoms. The Morgan fingerprint density at radius 3 is 2.14 bits per heavy atom. The van der Waals surface area contributed by atoms with E-state index in [1.807, 2.05) is 0 Å². The van der Waals surface area contributed by atoms with Crippen LogP contribution in [0, 0.1) is 0 Å². The Bertz CT molecular complexity index is 578. The standard InChI is InChI=1S/C17H25NO2S/c1-7-8-9-18-15(19)11-12(16(18)20)14(17(4,5)6)21-13(11)10(2)3/h10H,7-9H2,1-6H3. The van der Waals surface area contributed by atoms with Gasteiger partial charge in [0.1, 0.15) is 0 Å². The summed E-state index contributed by atoms with van der Waals surface area (Å²) in [5.74, 6) is 0.0955. The second kappa shape index (κ2) is 5.56. The predicted octanol–water partition coefficient (Wildman–Crippen LogP) is 4.57. The van der Waals surface area contributed by atoms with E-state index in [4.69, 9.17) is 0 Å². The zero-order chi connectivity index (χ0) is 15.9. The maximum absolute atomic E-state index is 12.7. The van der Waals surface area contributed by atoms with E-state index >= 15 is 0 Å². The number of imide groups is 1. The predicted molar refractivity (Wildman–Crippen MR) is 87.4 cm³/mol. The van der Waals surface area contributed by atoms with Crippen molar-refractivity contribution < 1.29 is 9.59 Å². The lowest BCUT2D eigenvalue weighted by Crippen LogP contribution is -2.31. The Labute approximate surface area is 131 Å². The molecule has 0 radical (unpaired) electrons. The third-order valence-electron chi connectivity index (χ3n) is 3.79. The van der Waals surface area contributed by atoms with E-state index in [9.17, 15) is 9.59 Å². The van der Waals surface area contributed by atoms with Crippen LogP contribution < -0.4 is 0 Å². The molecule has 0 unspecified atom stereocenters. The SMILES string of the molecule is CCCCN1C(=O)c2c(C(C)C)sc(C(C)(C)C)c2C1=O. The van der Waals surface area contributed by atoms with Crippen molar-refractivity contribution in [2.24, 2.45) is 0 Å². The molecule has 2 amide bonds. The first kappa shape index (κ1) is 16.2. The molecule has 1 aliphatic heterocycles. The van der Waals surface area contributed by atoms with Crippen LogP contribution in [0.3, 0.4) is 0 Å². The number of amides is 2. The van der Waals surface area contributed by atoms with Crippen LogP contribution in [0.25, 0.3) is 0 Å². The first-order chi connectivity index (χ1) is 9.70. The number of nitrogens with zero attached hydrogens (tertiary/aromatic N) is 1. The van der Waals surface area contributed by atoms with E-state index in [1.54, 1.807) is 11.3 Å². The van der Waals surface area contributed by atoms with Crippen molar-refractivity contribution in [1.29, 1.82) is 0 Å². The van der Waals surface area contributed by atoms with Gasteiger partial charge in [0.05, 0.1) is 11.1 Å². The number of hydrogen-bond acceptors (Lipinski definition) is 3. The molecule has 0 aliphatic carbocycles. The van der Waals surface area contributed by atoms with Gasteiger partial charge in [-0.15, -0.1) is 11.3 Å². The van der Waals surface area contributed by atoms with Gasteiger partial charge in [0, 0.05) is 16.3 Å². The van der Waals surface area contributed by atoms with E-state index in [0.717, 1.165) is 22.6 Å². The fourth-order valence-corrected chi connectivity index (χ4v) is 4.03. The van der Waals surface area contributed by atoms with Gasteiger partial charge in [0.2, 0.25) is 0 Å². The average Bonchev–Trinajstić information content (AvgIpc) is 2.87. The second-order valence-corrected chi connectivity index (χ2v) is 8.12. The summed E-state index contributed by atoms with van der Waals surface area (Å²) < 4.78 is 0. The Morgan fingerprint density at radius 1 is 1.10 bits per heavy atom. The van der Waals surface area contributed by atoms with Crippen molar-refractivity contribution in [1.82, 2.24) is 4.90 Å². The molecule has 2 heterocycles. The van der Waals surface area contributed by atoms with Crippen LogP contribution in [0.4, 0.5) is 0 Å². The summed E-state index contributed by atoms with van der Waals surface area (Å²) in [5, 5.41) is 0. The quantitative estimate of drug-likeness (QED) is 0.764. The van der Waals surface area contributed by atoms with Gasteiger partial charge in [-0.25, -0.2) is 0 Å². The van der Waals surface area contributed by atoms with Crippen molar-refractivity contribution >= 4 is 23.2 Å². The highest BCUT2D eigenvalue weighted by atomic mass is 32.1. The van der Waals surface area contributed by atoms with Gasteiger partial charge in [-0.3, -0.25) is 14.5 Å². The maximum Gasteiger partial charge on any atom is 0.262 e. The van der Waals surface area contributed by atoms with Gasteiger partial charge in [0.15, 0.2) is 0 Å². The van der Waals surface area contributed by atoms with Gasteiger partial charge < -0.3 is 0 Å². The molecule has 1 aromatic heterocycles. The lowest BCUT2D eigenvalue weighted by molar-refractivity contribution is 0.0651. The Balaban J connectivity index is 2.57. The van der Waals surface area contributed by atoms with Crippen molar-refractivity contribution in [3.63, 3.8) is 0 Å². The van der Waals surface area contributed by atoms with Crippen molar-refractivity contribution in [2.75, 3.05) is 6.54 Å². The van der Waals surface area contributed by atoms with E-state index < -0.39 is 0 Å². The van der Waals surface area contributed by atoms with Crippen LogP contribution in [0.2, 0.25) is 0 Å². The molecule has 3 nitrogen and oxygen atoms in total. The van der Waals surface area contributed by atoms with Crippen LogP contribution in [-0.2, 0) is 5.41 Å². The van der Waals surface area contributed by atoms with Crippen molar-refractivity contribution in [3.8, 4) is 0 Å². The molecule has 2 rings (SSSR count). The summed E-state index contributed by atoms with van der Waals surface area (Å²) in [4.78, 5) is 29.0. The zero-order valence-electron chi connectivity index (χ0n) is 13.9. The average molecular weight is 307 g/mol. The normalized spacial score (nSPS) is 15.3. The first-order valence-electron chi connectivity index (χ1n) is 7.73. The summed E-state index contributed by atoms with van der Waals surface area (Å²) in [6, 6.07) is 0. The number of rotatable bonds is 4. The highest BCUT2D eigenvalue weighted by Crippen LogP contribution is 2.44. The fraction of sp³-hybridized carbons (Fsp3) is 0.647. The number of thiophene rings is 1. The highest BCUT2D eigenvalue weighted by molar-refractivity contribution is 7.13. The van der Waals surface area contributed by atoms with Crippen molar-refractivity contribution in [2.45, 2.75) is 65.7 Å². The number of carbonyl (C=O) groups is 2. The lowest BCUT2D eigenvalue weighted by Gasteiger charge is -2.19. The molecule has 4 heteroatoms. The summed E-state index contributed by atoms with van der Waals surface area (Å²) in [7, 11) is 0. The van der Waals surface area contributed by atoms with Crippen LogP contribution >= 0.6 is 11.3 Å². The second-order valence-electron chi connectivity index (χ2n) is 7.07. The summed E-state index contributed by atoms with van der Waals surface area (Å²) in [5.41, 5.74) is 1.25. The Hall–Kier alpha value is -1.16. The van der Waals surface area contributed by atoms with Crippen molar-refractivity contribution in [3.05, 3.63) is 20.9 Å². The van der Waals surface area contributed by atoms with Gasteiger partial charge >= 0.3 is 0 Å². The molecule has 1 aromatic rings. The van der Waals surface area contributed by atoms with E-state index in [0.29, 0.717) is 17.7 Å². The van der Waals surface area contributed by atoms with Crippen LogP contribution in [-0.4, -0.2) is 23.3 Å². The fourth-order valence-electron chi connectivity index (χ4n) is 2.68. The summed E-state index contributed by atoms with van der Waals surface area (Å²) in [6.07, 6.45) is 1.85. The monoisotopic (exact) mass is 307 g/mol. The van der Waals surface area contributed by atoms with Gasteiger partial charge in [-0.1, -0.05) is 48.0 Å². The molecule has 21 heavy (non-hydrogen) atoms. The number of unbranched alkanes of at least 4 members (excludes halogenated alkanes) is 1. The smallest absolute Gasteiger partial charge is 0.262 e. The van der Waals surface area contributed by atoms with E-state index in [1.165, 1.54) is 4.90 Å². The minimum absolute atomic E-state index is 0.0844. The number of fused-ring (bicyclic) bond motifs is 1. The molecule has 0 bridgehead atoms. The molecule has 116 valence electrons. The molecule has 0 fully saturated rings. The van der Waals surface area contributed by atoms with Gasteiger partial charge in [0.25, 0.3) is 11.8 Å². The Morgan fingerprint density at radius 2 is 1.67 bits per heavy atom. The van der Waals surface area contributed by atoms with Crippen LogP contribution in [0.15, 0.2) is 0 Å². The maximum atomic E-state index is 12.7. The number of carbonyl (C=O) groups excluding carboxylic acids is 2. The third kappa shape index (κ3) is 2.66. The minimum Gasteiger partial charge on any atom is -0.274 e. The molecule has 0 aromatic carbocycles. The molecule has 1 aliphatic rings. The molecular formula is C17H25NO2S. The van der Waals surface area contributed by atoms with Gasteiger partial charge in [-0.2, -0.15) is 0 Å². The minimum atomic E-state index is -0.113. The molecule has 0 saturated heterocycles. The zero-order valence-corrected chi connectivity index (χ0v) is 14.7. The highest BCUT2D eigenvalue weighted by Gasteiger charge is 2.43. The lowest BCUT2D eigenvalue weighted by atomic mass is 9.90. The Kier molecular flexibility index (Phi) is 4.29. The topological polar surface area (TPSA) is 37.4 Å². The molecule has 0 atom stereocenters. The van der Waals surface area contributed by atoms with Crippen LogP contribution in [0.1, 0.15) is 90.8 Å². The third-order valence-corrected chi connectivity index (χ3v) is 5.71. The molecule has 0 saturated carbocycles. The van der Waals surface area contributed by atoms with Gasteiger partial charge in [-0.05, 0) is 17.8 Å². The van der Waals surface area contributed by atoms with E-state index in [-0.39, 0.29) is 23.1 Å². The largest absolute Gasteiger partial charge is 0.274 e. The van der Waals surface area contributed by atoms with Crippen LogP contribution in [0.5, 0.6) is 0 Å². The van der Waals surface area contributed by atoms with E-state index in [2.05, 4.69) is 41.5 Å². The molecule has 0 N–H and O–H groups in total. The summed E-state index contributed by atoms with van der Waals surface area (Å²) in [6.45, 7) is 13.1.